The first kappa shape index (κ1) is 12.1. The van der Waals surface area contributed by atoms with E-state index >= 15 is 0 Å². The summed E-state index contributed by atoms with van der Waals surface area (Å²) in [5.41, 5.74) is 2.29. The first-order valence-corrected chi connectivity index (χ1v) is 6.01. The molecule has 0 saturated heterocycles. The topological polar surface area (TPSA) is 39.1 Å². The van der Waals surface area contributed by atoms with E-state index < -0.39 is 0 Å². The molecule has 0 aliphatic heterocycles. The van der Waals surface area contributed by atoms with Gasteiger partial charge in [0.1, 0.15) is 0 Å². The molecule has 1 heterocycles. The van der Waals surface area contributed by atoms with E-state index in [1.54, 1.807) is 7.11 Å². The van der Waals surface area contributed by atoms with Crippen molar-refractivity contribution >= 4 is 10.9 Å². The quantitative estimate of drug-likeness (QED) is 0.826. The molecule has 0 unspecified atom stereocenters. The molecular weight excluding hydrogens is 214 g/mol. The third-order valence-electron chi connectivity index (χ3n) is 2.78. The zero-order valence-electron chi connectivity index (χ0n) is 10.4. The molecule has 92 valence electrons. The molecular formula is C13H19N3O. The molecule has 4 nitrogen and oxygen atoms in total. The van der Waals surface area contributed by atoms with E-state index in [0.29, 0.717) is 6.61 Å². The molecule has 1 aromatic heterocycles. The van der Waals surface area contributed by atoms with Gasteiger partial charge in [0.2, 0.25) is 0 Å². The van der Waals surface area contributed by atoms with Crippen LogP contribution in [0.15, 0.2) is 24.3 Å². The van der Waals surface area contributed by atoms with E-state index in [1.165, 1.54) is 10.9 Å². The van der Waals surface area contributed by atoms with Crippen molar-refractivity contribution in [2.75, 3.05) is 20.3 Å². The van der Waals surface area contributed by atoms with Crippen molar-refractivity contribution in [2.45, 2.75) is 20.0 Å². The molecule has 0 aliphatic rings. The fraction of sp³-hybridized carbons (Fsp3) is 0.462. The minimum absolute atomic E-state index is 0.687. The number of nitrogens with zero attached hydrogens (tertiary/aromatic N) is 2. The summed E-state index contributed by atoms with van der Waals surface area (Å²) >= 11 is 0. The fourth-order valence-electron chi connectivity index (χ4n) is 1.92. The highest BCUT2D eigenvalue weighted by Crippen LogP contribution is 2.18. The number of nitrogens with one attached hydrogen (secondary N) is 1. The largest absolute Gasteiger partial charge is 0.383 e. The van der Waals surface area contributed by atoms with Crippen molar-refractivity contribution in [3.8, 4) is 0 Å². The van der Waals surface area contributed by atoms with E-state index in [4.69, 9.17) is 4.74 Å². The maximum Gasteiger partial charge on any atom is 0.0841 e. The smallest absolute Gasteiger partial charge is 0.0841 e. The number of rotatable bonds is 6. The first-order chi connectivity index (χ1) is 8.36. The number of ether oxygens (including phenoxy) is 1. The van der Waals surface area contributed by atoms with Gasteiger partial charge in [-0.05, 0) is 12.6 Å². The minimum Gasteiger partial charge on any atom is -0.383 e. The van der Waals surface area contributed by atoms with Crippen LogP contribution in [0, 0.1) is 0 Å². The summed E-state index contributed by atoms with van der Waals surface area (Å²) in [7, 11) is 1.71. The predicted molar refractivity (Wildman–Crippen MR) is 69.0 cm³/mol. The summed E-state index contributed by atoms with van der Waals surface area (Å²) in [6, 6.07) is 8.33. The summed E-state index contributed by atoms with van der Waals surface area (Å²) in [6.45, 7) is 5.36. The van der Waals surface area contributed by atoms with Gasteiger partial charge in [0.15, 0.2) is 0 Å². The Hall–Kier alpha value is -1.39. The maximum atomic E-state index is 5.11. The highest BCUT2D eigenvalue weighted by molar-refractivity contribution is 5.81. The lowest BCUT2D eigenvalue weighted by atomic mass is 10.2. The highest BCUT2D eigenvalue weighted by Gasteiger charge is 2.08. The van der Waals surface area contributed by atoms with Gasteiger partial charge in [-0.1, -0.05) is 25.1 Å². The zero-order chi connectivity index (χ0) is 12.1. The average Bonchev–Trinajstić information content (AvgIpc) is 2.72. The standard InChI is InChI=1S/C13H19N3O/c1-3-14-10-12-11-6-4-5-7-13(11)16(15-12)8-9-17-2/h4-7,14H,3,8-10H2,1-2H3. The summed E-state index contributed by atoms with van der Waals surface area (Å²) in [5, 5.41) is 9.18. The summed E-state index contributed by atoms with van der Waals surface area (Å²) in [4.78, 5) is 0. The van der Waals surface area contributed by atoms with Gasteiger partial charge < -0.3 is 10.1 Å². The van der Waals surface area contributed by atoms with Gasteiger partial charge in [-0.3, -0.25) is 4.68 Å². The van der Waals surface area contributed by atoms with Gasteiger partial charge in [0, 0.05) is 19.0 Å². The van der Waals surface area contributed by atoms with Gasteiger partial charge in [-0.25, -0.2) is 0 Å². The zero-order valence-corrected chi connectivity index (χ0v) is 10.4. The van der Waals surface area contributed by atoms with Crippen molar-refractivity contribution in [3.05, 3.63) is 30.0 Å². The Kier molecular flexibility index (Phi) is 4.12. The lowest BCUT2D eigenvalue weighted by molar-refractivity contribution is 0.184. The highest BCUT2D eigenvalue weighted by atomic mass is 16.5. The summed E-state index contributed by atoms with van der Waals surface area (Å²) < 4.78 is 7.13. The van der Waals surface area contributed by atoms with Crippen LogP contribution in [0.5, 0.6) is 0 Å². The first-order valence-electron chi connectivity index (χ1n) is 6.01. The van der Waals surface area contributed by atoms with E-state index in [1.807, 2.05) is 10.7 Å². The Labute approximate surface area is 102 Å². The van der Waals surface area contributed by atoms with Crippen LogP contribution in [0.3, 0.4) is 0 Å². The molecule has 0 aliphatic carbocycles. The Morgan fingerprint density at radius 2 is 2.18 bits per heavy atom. The Bertz CT molecular complexity index is 436. The predicted octanol–water partition coefficient (Wildman–Crippen LogP) is 1.79. The molecule has 1 N–H and O–H groups in total. The normalized spacial score (nSPS) is 11.2. The van der Waals surface area contributed by atoms with Crippen LogP contribution in [-0.2, 0) is 17.8 Å². The van der Waals surface area contributed by atoms with Crippen molar-refractivity contribution in [1.29, 1.82) is 0 Å². The molecule has 17 heavy (non-hydrogen) atoms. The second-order valence-electron chi connectivity index (χ2n) is 3.96. The number of methoxy groups -OCH3 is 1. The Morgan fingerprint density at radius 1 is 1.35 bits per heavy atom. The SMILES string of the molecule is CCNCc1nn(CCOC)c2ccccc12. The lowest BCUT2D eigenvalue weighted by Gasteiger charge is -2.01. The van der Waals surface area contributed by atoms with Gasteiger partial charge in [-0.15, -0.1) is 0 Å². The fourth-order valence-corrected chi connectivity index (χ4v) is 1.92. The summed E-state index contributed by atoms with van der Waals surface area (Å²) in [6.07, 6.45) is 0. The number of aromatic nitrogens is 2. The van der Waals surface area contributed by atoms with E-state index in [0.717, 1.165) is 25.3 Å². The van der Waals surface area contributed by atoms with Crippen LogP contribution in [0.1, 0.15) is 12.6 Å². The van der Waals surface area contributed by atoms with Crippen LogP contribution in [0.2, 0.25) is 0 Å². The van der Waals surface area contributed by atoms with Crippen molar-refractivity contribution in [2.24, 2.45) is 0 Å². The molecule has 0 bridgehead atoms. The third kappa shape index (κ3) is 2.65. The lowest BCUT2D eigenvalue weighted by Crippen LogP contribution is -2.13. The number of fused-ring (bicyclic) bond motifs is 1. The summed E-state index contributed by atoms with van der Waals surface area (Å²) in [5.74, 6) is 0. The molecule has 0 atom stereocenters. The van der Waals surface area contributed by atoms with Gasteiger partial charge in [0.05, 0.1) is 24.4 Å². The van der Waals surface area contributed by atoms with Crippen molar-refractivity contribution < 1.29 is 4.74 Å². The van der Waals surface area contributed by atoms with E-state index in [-0.39, 0.29) is 0 Å². The van der Waals surface area contributed by atoms with Crippen LogP contribution in [-0.4, -0.2) is 30.0 Å². The van der Waals surface area contributed by atoms with Crippen LogP contribution in [0.25, 0.3) is 10.9 Å². The Morgan fingerprint density at radius 3 is 2.94 bits per heavy atom. The Balaban J connectivity index is 2.32. The molecule has 2 aromatic rings. The van der Waals surface area contributed by atoms with Gasteiger partial charge in [0.25, 0.3) is 0 Å². The average molecular weight is 233 g/mol. The molecule has 0 saturated carbocycles. The second-order valence-corrected chi connectivity index (χ2v) is 3.96. The molecule has 2 rings (SSSR count). The van der Waals surface area contributed by atoms with Gasteiger partial charge in [-0.2, -0.15) is 5.10 Å². The molecule has 4 heteroatoms. The molecule has 1 aromatic carbocycles. The number of para-hydroxylation sites is 1. The van der Waals surface area contributed by atoms with E-state index in [9.17, 15) is 0 Å². The van der Waals surface area contributed by atoms with Crippen molar-refractivity contribution in [1.82, 2.24) is 15.1 Å². The van der Waals surface area contributed by atoms with Crippen LogP contribution in [0.4, 0.5) is 0 Å². The second kappa shape index (κ2) is 5.80. The number of hydrogen-bond acceptors (Lipinski definition) is 3. The van der Waals surface area contributed by atoms with Gasteiger partial charge >= 0.3 is 0 Å². The molecule has 0 fully saturated rings. The maximum absolute atomic E-state index is 5.11. The molecule has 0 radical (unpaired) electrons. The van der Waals surface area contributed by atoms with E-state index in [2.05, 4.69) is 35.5 Å². The third-order valence-corrected chi connectivity index (χ3v) is 2.78. The molecule has 0 spiro atoms. The minimum atomic E-state index is 0.687. The number of benzene rings is 1. The van der Waals surface area contributed by atoms with Crippen molar-refractivity contribution in [3.63, 3.8) is 0 Å². The monoisotopic (exact) mass is 233 g/mol. The van der Waals surface area contributed by atoms with Crippen LogP contribution < -0.4 is 5.32 Å². The molecule has 0 amide bonds. The number of hydrogen-bond donors (Lipinski definition) is 1. The van der Waals surface area contributed by atoms with Crippen LogP contribution >= 0.6 is 0 Å².